The molecule has 2 aliphatic carbocycles. The second-order valence-corrected chi connectivity index (χ2v) is 6.97. The average Bonchev–Trinajstić information content (AvgIpc) is 2.59. The van der Waals surface area contributed by atoms with Crippen LogP contribution in [0.3, 0.4) is 0 Å². The van der Waals surface area contributed by atoms with E-state index < -0.39 is 0 Å². The van der Waals surface area contributed by atoms with Crippen LogP contribution in [0.15, 0.2) is 84.0 Å². The summed E-state index contributed by atoms with van der Waals surface area (Å²) in [6.07, 6.45) is 14.0. The van der Waals surface area contributed by atoms with Crippen LogP contribution in [0, 0.1) is 0 Å². The summed E-state index contributed by atoms with van der Waals surface area (Å²) in [7, 11) is 0. The van der Waals surface area contributed by atoms with E-state index in [2.05, 4.69) is 69.2 Å². The van der Waals surface area contributed by atoms with Crippen molar-refractivity contribution in [1.82, 2.24) is 0 Å². The summed E-state index contributed by atoms with van der Waals surface area (Å²) in [6, 6.07) is 6.83. The zero-order valence-electron chi connectivity index (χ0n) is 14.7. The van der Waals surface area contributed by atoms with Gasteiger partial charge < -0.3 is 0 Å². The third-order valence-electron chi connectivity index (χ3n) is 4.86. The Bertz CT molecular complexity index is 793. The van der Waals surface area contributed by atoms with Gasteiger partial charge in [0.05, 0.1) is 0 Å². The van der Waals surface area contributed by atoms with Gasteiger partial charge in [0.2, 0.25) is 0 Å². The number of allylic oxidation sites excluding steroid dienone is 8. The van der Waals surface area contributed by atoms with Gasteiger partial charge in [0.25, 0.3) is 0 Å². The summed E-state index contributed by atoms with van der Waals surface area (Å²) in [5.41, 5.74) is 10.2. The lowest BCUT2D eigenvalue weighted by atomic mass is 9.81. The molecule has 0 aliphatic heterocycles. The van der Waals surface area contributed by atoms with Crippen molar-refractivity contribution in [2.45, 2.75) is 39.0 Å². The lowest BCUT2D eigenvalue weighted by Gasteiger charge is -2.23. The highest BCUT2D eigenvalue weighted by atomic mass is 14.2. The molecule has 0 heterocycles. The Morgan fingerprint density at radius 2 is 2.04 bits per heavy atom. The molecule has 0 aromatic heterocycles. The fraction of sp³-hybridized carbons (Fsp3) is 0.250. The summed E-state index contributed by atoms with van der Waals surface area (Å²) in [5, 5.41) is 0. The first kappa shape index (κ1) is 16.5. The van der Waals surface area contributed by atoms with Crippen LogP contribution in [-0.4, -0.2) is 0 Å². The van der Waals surface area contributed by atoms with Crippen molar-refractivity contribution in [1.29, 1.82) is 0 Å². The zero-order valence-corrected chi connectivity index (χ0v) is 14.7. The quantitative estimate of drug-likeness (QED) is 0.542. The smallest absolute Gasteiger partial charge is 0.00194 e. The standard InChI is InChI=1S/C24H26/c1-17(2)10-11-20-12-13-22-16-24(18(3)14-23(22)15-20)19(4)21-8-6-5-7-9-21/h5-6,8,12-13,15-16H,1,3-4,7,9-11,14H2,2H3. The number of fused-ring (bicyclic) bond motifs is 1. The van der Waals surface area contributed by atoms with Crippen LogP contribution in [-0.2, 0) is 12.8 Å². The Morgan fingerprint density at radius 3 is 2.75 bits per heavy atom. The predicted molar refractivity (Wildman–Crippen MR) is 106 cm³/mol. The molecule has 0 nitrogen and oxygen atoms in total. The van der Waals surface area contributed by atoms with E-state index in [0.717, 1.165) is 37.7 Å². The molecule has 0 amide bonds. The summed E-state index contributed by atoms with van der Waals surface area (Å²) in [6.45, 7) is 14.8. The molecule has 0 fully saturated rings. The van der Waals surface area contributed by atoms with Crippen LogP contribution in [0.5, 0.6) is 0 Å². The van der Waals surface area contributed by atoms with Gasteiger partial charge >= 0.3 is 0 Å². The van der Waals surface area contributed by atoms with Crippen LogP contribution in [0.4, 0.5) is 0 Å². The highest BCUT2D eigenvalue weighted by Gasteiger charge is 2.18. The number of benzene rings is 1. The molecule has 0 bridgehead atoms. The Balaban J connectivity index is 1.86. The second-order valence-electron chi connectivity index (χ2n) is 6.97. The SMILES string of the molecule is C=C(C)CCc1ccc2c(c1)CC(=C)C(C(=C)C1=CC=CCC1)=C2. The van der Waals surface area contributed by atoms with Gasteiger partial charge in [-0.2, -0.15) is 0 Å². The molecule has 24 heavy (non-hydrogen) atoms. The third-order valence-corrected chi connectivity index (χ3v) is 4.86. The van der Waals surface area contributed by atoms with E-state index in [1.165, 1.54) is 39.0 Å². The molecule has 0 heteroatoms. The van der Waals surface area contributed by atoms with Gasteiger partial charge in [0.1, 0.15) is 0 Å². The molecule has 0 N–H and O–H groups in total. The van der Waals surface area contributed by atoms with Crippen LogP contribution in [0.1, 0.15) is 42.9 Å². The Morgan fingerprint density at radius 1 is 1.21 bits per heavy atom. The predicted octanol–water partition coefficient (Wildman–Crippen LogP) is 6.52. The molecule has 1 aromatic rings. The van der Waals surface area contributed by atoms with Gasteiger partial charge in [0, 0.05) is 0 Å². The molecule has 0 saturated heterocycles. The second kappa shape index (κ2) is 7.05. The van der Waals surface area contributed by atoms with E-state index in [-0.39, 0.29) is 0 Å². The van der Waals surface area contributed by atoms with E-state index in [9.17, 15) is 0 Å². The maximum atomic E-state index is 4.35. The van der Waals surface area contributed by atoms with Gasteiger partial charge in [-0.25, -0.2) is 0 Å². The molecule has 2 aliphatic rings. The minimum absolute atomic E-state index is 0.921. The van der Waals surface area contributed by atoms with Crippen molar-refractivity contribution in [3.8, 4) is 0 Å². The lowest BCUT2D eigenvalue weighted by molar-refractivity contribution is 0.939. The minimum atomic E-state index is 0.921. The van der Waals surface area contributed by atoms with Crippen molar-refractivity contribution < 1.29 is 0 Å². The van der Waals surface area contributed by atoms with Crippen molar-refractivity contribution in [2.75, 3.05) is 0 Å². The van der Waals surface area contributed by atoms with Crippen LogP contribution in [0.2, 0.25) is 0 Å². The number of aryl methyl sites for hydroxylation is 1. The number of hydrogen-bond donors (Lipinski definition) is 0. The first-order chi connectivity index (χ1) is 11.5. The van der Waals surface area contributed by atoms with E-state index in [1.54, 1.807) is 0 Å². The van der Waals surface area contributed by atoms with Crippen LogP contribution >= 0.6 is 0 Å². The van der Waals surface area contributed by atoms with Gasteiger partial charge in [-0.15, -0.1) is 6.58 Å². The minimum Gasteiger partial charge on any atom is -0.100 e. The van der Waals surface area contributed by atoms with Crippen LogP contribution in [0.25, 0.3) is 6.08 Å². The summed E-state index contributed by atoms with van der Waals surface area (Å²) >= 11 is 0. The number of rotatable bonds is 5. The zero-order chi connectivity index (χ0) is 17.1. The summed E-state index contributed by atoms with van der Waals surface area (Å²) in [5.74, 6) is 0. The molecule has 3 rings (SSSR count). The third kappa shape index (κ3) is 3.59. The summed E-state index contributed by atoms with van der Waals surface area (Å²) in [4.78, 5) is 0. The molecule has 1 aromatic carbocycles. The molecular formula is C24H26. The van der Waals surface area contributed by atoms with E-state index >= 15 is 0 Å². The summed E-state index contributed by atoms with van der Waals surface area (Å²) < 4.78 is 0. The van der Waals surface area contributed by atoms with Crippen molar-refractivity contribution in [2.24, 2.45) is 0 Å². The molecule has 0 radical (unpaired) electrons. The first-order valence-corrected chi connectivity index (χ1v) is 8.76. The molecule has 0 atom stereocenters. The number of hydrogen-bond acceptors (Lipinski definition) is 0. The van der Waals surface area contributed by atoms with Crippen molar-refractivity contribution in [3.05, 3.63) is 101 Å². The Labute approximate surface area is 146 Å². The Kier molecular flexibility index (Phi) is 4.85. The average molecular weight is 314 g/mol. The molecule has 0 spiro atoms. The normalized spacial score (nSPS) is 16.3. The largest absolute Gasteiger partial charge is 0.100 e. The van der Waals surface area contributed by atoms with Crippen molar-refractivity contribution in [3.63, 3.8) is 0 Å². The topological polar surface area (TPSA) is 0 Å². The monoisotopic (exact) mass is 314 g/mol. The maximum absolute atomic E-state index is 4.35. The van der Waals surface area contributed by atoms with Gasteiger partial charge in [0.15, 0.2) is 0 Å². The fourth-order valence-corrected chi connectivity index (χ4v) is 3.38. The van der Waals surface area contributed by atoms with Gasteiger partial charge in [-0.05, 0) is 84.1 Å². The van der Waals surface area contributed by atoms with E-state index in [1.807, 2.05) is 0 Å². The lowest BCUT2D eigenvalue weighted by Crippen LogP contribution is -2.06. The first-order valence-electron chi connectivity index (χ1n) is 8.76. The van der Waals surface area contributed by atoms with Gasteiger partial charge in [-0.1, -0.05) is 55.2 Å². The molecule has 0 unspecified atom stereocenters. The molecular weight excluding hydrogens is 288 g/mol. The van der Waals surface area contributed by atoms with Crippen LogP contribution < -0.4 is 0 Å². The highest BCUT2D eigenvalue weighted by molar-refractivity contribution is 5.74. The van der Waals surface area contributed by atoms with E-state index in [4.69, 9.17) is 0 Å². The fourth-order valence-electron chi connectivity index (χ4n) is 3.38. The highest BCUT2D eigenvalue weighted by Crippen LogP contribution is 2.36. The molecule has 122 valence electrons. The Hall–Kier alpha value is -2.34. The van der Waals surface area contributed by atoms with Gasteiger partial charge in [-0.3, -0.25) is 0 Å². The van der Waals surface area contributed by atoms with Crippen molar-refractivity contribution >= 4 is 6.08 Å². The maximum Gasteiger partial charge on any atom is -0.00194 e. The van der Waals surface area contributed by atoms with E-state index in [0.29, 0.717) is 0 Å². The molecule has 0 saturated carbocycles.